The number of β-amino-alcohol motifs (C(OH)–C–C–N with tert-alkyl or cyclic N) is 1. The van der Waals surface area contributed by atoms with Gasteiger partial charge in [-0.1, -0.05) is 44.2 Å². The number of rotatable bonds is 3. The quantitative estimate of drug-likeness (QED) is 0.841. The van der Waals surface area contributed by atoms with Gasteiger partial charge in [0.25, 0.3) is 0 Å². The Balaban J connectivity index is 2.03. The van der Waals surface area contributed by atoms with Crippen LogP contribution in [0.5, 0.6) is 0 Å². The van der Waals surface area contributed by atoms with Crippen molar-refractivity contribution in [1.82, 2.24) is 4.90 Å². The van der Waals surface area contributed by atoms with Crippen molar-refractivity contribution in [2.75, 3.05) is 19.6 Å². The van der Waals surface area contributed by atoms with Gasteiger partial charge >= 0.3 is 0 Å². The van der Waals surface area contributed by atoms with E-state index in [1.807, 2.05) is 0 Å². The fourth-order valence-corrected chi connectivity index (χ4v) is 2.50. The second kappa shape index (κ2) is 4.56. The molecule has 2 rings (SSSR count). The molecule has 1 aliphatic rings. The lowest BCUT2D eigenvalue weighted by molar-refractivity contribution is 0.168. The van der Waals surface area contributed by atoms with Gasteiger partial charge in [-0.2, -0.15) is 0 Å². The van der Waals surface area contributed by atoms with Crippen molar-refractivity contribution in [3.63, 3.8) is 0 Å². The van der Waals surface area contributed by atoms with E-state index in [0.29, 0.717) is 0 Å². The largest absolute Gasteiger partial charge is 0.392 e. The Labute approximate surface area is 97.9 Å². The molecule has 2 heteroatoms. The third-order valence-corrected chi connectivity index (χ3v) is 3.42. The molecule has 1 heterocycles. The molecule has 2 nitrogen and oxygen atoms in total. The first-order valence-electron chi connectivity index (χ1n) is 6.04. The lowest BCUT2D eigenvalue weighted by Crippen LogP contribution is -2.36. The fourth-order valence-electron chi connectivity index (χ4n) is 2.50. The van der Waals surface area contributed by atoms with Gasteiger partial charge in [0.1, 0.15) is 0 Å². The molecule has 0 unspecified atom stereocenters. The number of likely N-dealkylation sites (tertiary alicyclic amines) is 1. The summed E-state index contributed by atoms with van der Waals surface area (Å²) in [5.74, 6) is 0. The highest BCUT2D eigenvalue weighted by Gasteiger charge is 2.28. The maximum absolute atomic E-state index is 9.53. The van der Waals surface area contributed by atoms with Crippen LogP contribution in [0.15, 0.2) is 30.3 Å². The third-order valence-electron chi connectivity index (χ3n) is 3.42. The highest BCUT2D eigenvalue weighted by molar-refractivity contribution is 5.24. The van der Waals surface area contributed by atoms with Gasteiger partial charge in [-0.05, 0) is 12.0 Å². The molecule has 0 saturated carbocycles. The molecule has 1 fully saturated rings. The van der Waals surface area contributed by atoms with Crippen molar-refractivity contribution in [2.24, 2.45) is 0 Å². The summed E-state index contributed by atoms with van der Waals surface area (Å²) in [6.07, 6.45) is 0.803. The lowest BCUT2D eigenvalue weighted by Gasteiger charge is -2.30. The van der Waals surface area contributed by atoms with Crippen LogP contribution in [0.4, 0.5) is 0 Å². The molecule has 0 amide bonds. The minimum atomic E-state index is -0.119. The average Bonchev–Trinajstić information content (AvgIpc) is 2.64. The molecule has 1 aromatic carbocycles. The summed E-state index contributed by atoms with van der Waals surface area (Å²) < 4.78 is 0. The molecule has 0 aliphatic carbocycles. The standard InChI is InChI=1S/C14H21NO/c1-14(2,12-6-4-3-5-7-12)11-15-9-8-13(16)10-15/h3-7,13,16H,8-11H2,1-2H3/t13-/m1/s1. The van der Waals surface area contributed by atoms with E-state index in [1.54, 1.807) is 0 Å². The summed E-state index contributed by atoms with van der Waals surface area (Å²) in [5, 5.41) is 9.53. The van der Waals surface area contributed by atoms with Crippen molar-refractivity contribution >= 4 is 0 Å². The predicted octanol–water partition coefficient (Wildman–Crippen LogP) is 2.03. The van der Waals surface area contributed by atoms with E-state index in [4.69, 9.17) is 0 Å². The summed E-state index contributed by atoms with van der Waals surface area (Å²) in [5.41, 5.74) is 1.53. The molecule has 0 aromatic heterocycles. The summed E-state index contributed by atoms with van der Waals surface area (Å²) >= 11 is 0. The molecule has 1 saturated heterocycles. The maximum atomic E-state index is 9.53. The van der Waals surface area contributed by atoms with Crippen molar-refractivity contribution in [1.29, 1.82) is 0 Å². The van der Waals surface area contributed by atoms with E-state index in [2.05, 4.69) is 49.1 Å². The first-order chi connectivity index (χ1) is 7.58. The first kappa shape index (κ1) is 11.6. The van der Waals surface area contributed by atoms with Crippen LogP contribution < -0.4 is 0 Å². The first-order valence-corrected chi connectivity index (χ1v) is 6.04. The minimum Gasteiger partial charge on any atom is -0.392 e. The predicted molar refractivity (Wildman–Crippen MR) is 66.5 cm³/mol. The Morgan fingerprint density at radius 1 is 1.31 bits per heavy atom. The van der Waals surface area contributed by atoms with Crippen LogP contribution >= 0.6 is 0 Å². The van der Waals surface area contributed by atoms with Crippen LogP contribution in [0, 0.1) is 0 Å². The van der Waals surface area contributed by atoms with E-state index >= 15 is 0 Å². The molecule has 0 radical (unpaired) electrons. The van der Waals surface area contributed by atoms with E-state index in [-0.39, 0.29) is 11.5 Å². The van der Waals surface area contributed by atoms with E-state index in [1.165, 1.54) is 5.56 Å². The van der Waals surface area contributed by atoms with E-state index in [9.17, 15) is 5.11 Å². The van der Waals surface area contributed by atoms with Crippen LogP contribution in [0.25, 0.3) is 0 Å². The molecular formula is C14H21NO. The van der Waals surface area contributed by atoms with E-state index in [0.717, 1.165) is 26.1 Å². The Morgan fingerprint density at radius 3 is 2.56 bits per heavy atom. The molecule has 0 bridgehead atoms. The zero-order valence-electron chi connectivity index (χ0n) is 10.2. The van der Waals surface area contributed by atoms with Gasteiger partial charge in [-0.3, -0.25) is 4.90 Å². The Kier molecular flexibility index (Phi) is 3.31. The van der Waals surface area contributed by atoms with Crippen molar-refractivity contribution in [3.8, 4) is 0 Å². The van der Waals surface area contributed by atoms with Crippen molar-refractivity contribution in [3.05, 3.63) is 35.9 Å². The second-order valence-electron chi connectivity index (χ2n) is 5.43. The maximum Gasteiger partial charge on any atom is 0.0679 e. The highest BCUT2D eigenvalue weighted by Crippen LogP contribution is 2.25. The molecular weight excluding hydrogens is 198 g/mol. The number of nitrogens with zero attached hydrogens (tertiary/aromatic N) is 1. The normalized spacial score (nSPS) is 22.6. The van der Waals surface area contributed by atoms with Crippen LogP contribution in [-0.2, 0) is 5.41 Å². The summed E-state index contributed by atoms with van der Waals surface area (Å²) in [4.78, 5) is 2.36. The molecule has 88 valence electrons. The molecule has 16 heavy (non-hydrogen) atoms. The molecule has 1 N–H and O–H groups in total. The summed E-state index contributed by atoms with van der Waals surface area (Å²) in [6, 6.07) is 10.6. The monoisotopic (exact) mass is 219 g/mol. The summed E-state index contributed by atoms with van der Waals surface area (Å²) in [7, 11) is 0. The van der Waals surface area contributed by atoms with Gasteiger partial charge in [-0.25, -0.2) is 0 Å². The Morgan fingerprint density at radius 2 is 2.00 bits per heavy atom. The van der Waals surface area contributed by atoms with Crippen LogP contribution in [0.2, 0.25) is 0 Å². The Bertz CT molecular complexity index is 334. The minimum absolute atomic E-state index is 0.119. The van der Waals surface area contributed by atoms with Crippen LogP contribution in [0.1, 0.15) is 25.8 Å². The second-order valence-corrected chi connectivity index (χ2v) is 5.43. The number of hydrogen-bond donors (Lipinski definition) is 1. The Hall–Kier alpha value is -0.860. The molecule has 1 aliphatic heterocycles. The average molecular weight is 219 g/mol. The van der Waals surface area contributed by atoms with Gasteiger partial charge in [0.15, 0.2) is 0 Å². The number of aliphatic hydroxyl groups is 1. The van der Waals surface area contributed by atoms with Gasteiger partial charge in [0.05, 0.1) is 6.10 Å². The molecule has 1 aromatic rings. The highest BCUT2D eigenvalue weighted by atomic mass is 16.3. The third kappa shape index (κ3) is 2.63. The van der Waals surface area contributed by atoms with Gasteiger partial charge in [0.2, 0.25) is 0 Å². The van der Waals surface area contributed by atoms with Gasteiger partial charge < -0.3 is 5.11 Å². The topological polar surface area (TPSA) is 23.5 Å². The lowest BCUT2D eigenvalue weighted by atomic mass is 9.84. The zero-order chi connectivity index (χ0) is 11.6. The SMILES string of the molecule is CC(C)(CN1CC[C@@H](O)C1)c1ccccc1. The number of aliphatic hydroxyl groups excluding tert-OH is 1. The van der Waals surface area contributed by atoms with Gasteiger partial charge in [0, 0.05) is 25.0 Å². The molecule has 0 spiro atoms. The van der Waals surface area contributed by atoms with Crippen molar-refractivity contribution < 1.29 is 5.11 Å². The number of hydrogen-bond acceptors (Lipinski definition) is 2. The van der Waals surface area contributed by atoms with Crippen LogP contribution in [0.3, 0.4) is 0 Å². The van der Waals surface area contributed by atoms with E-state index < -0.39 is 0 Å². The number of benzene rings is 1. The zero-order valence-corrected chi connectivity index (χ0v) is 10.2. The summed E-state index contributed by atoms with van der Waals surface area (Å²) in [6.45, 7) is 7.42. The van der Waals surface area contributed by atoms with Crippen molar-refractivity contribution in [2.45, 2.75) is 31.8 Å². The fraction of sp³-hybridized carbons (Fsp3) is 0.571. The van der Waals surface area contributed by atoms with Gasteiger partial charge in [-0.15, -0.1) is 0 Å². The smallest absolute Gasteiger partial charge is 0.0679 e. The van der Waals surface area contributed by atoms with Crippen LogP contribution in [-0.4, -0.2) is 35.7 Å². The molecule has 1 atom stereocenters.